The van der Waals surface area contributed by atoms with Crippen molar-refractivity contribution in [3.8, 4) is 17.2 Å². The second kappa shape index (κ2) is 5.05. The van der Waals surface area contributed by atoms with Gasteiger partial charge >= 0.3 is 0 Å². The van der Waals surface area contributed by atoms with Crippen molar-refractivity contribution in [2.75, 3.05) is 0 Å². The molecule has 3 N–H and O–H groups in total. The summed E-state index contributed by atoms with van der Waals surface area (Å²) in [6.45, 7) is 4.05. The molecule has 4 nitrogen and oxygen atoms in total. The second-order valence-corrected chi connectivity index (χ2v) is 6.03. The van der Waals surface area contributed by atoms with Crippen LogP contribution < -0.4 is 0 Å². The van der Waals surface area contributed by atoms with Gasteiger partial charge in [-0.3, -0.25) is 4.79 Å². The van der Waals surface area contributed by atoms with Crippen molar-refractivity contribution in [1.82, 2.24) is 0 Å². The molecule has 2 unspecified atom stereocenters. The van der Waals surface area contributed by atoms with Crippen molar-refractivity contribution >= 4 is 5.78 Å². The van der Waals surface area contributed by atoms with E-state index in [1.165, 1.54) is 5.56 Å². The van der Waals surface area contributed by atoms with E-state index in [4.69, 9.17) is 0 Å². The first-order chi connectivity index (χ1) is 10.4. The molecule has 0 aliphatic heterocycles. The first-order valence-corrected chi connectivity index (χ1v) is 7.24. The predicted molar refractivity (Wildman–Crippen MR) is 82.5 cm³/mol. The van der Waals surface area contributed by atoms with Gasteiger partial charge in [0, 0.05) is 18.1 Å². The summed E-state index contributed by atoms with van der Waals surface area (Å²) in [6.07, 6.45) is 0.711. The lowest BCUT2D eigenvalue weighted by Crippen LogP contribution is -2.04. The summed E-state index contributed by atoms with van der Waals surface area (Å²) in [7, 11) is 0. The van der Waals surface area contributed by atoms with Crippen molar-refractivity contribution in [2.24, 2.45) is 5.92 Å². The minimum absolute atomic E-state index is 0.102. The summed E-state index contributed by atoms with van der Waals surface area (Å²) < 4.78 is 0. The van der Waals surface area contributed by atoms with E-state index in [1.807, 2.05) is 26.0 Å². The molecule has 0 amide bonds. The number of carbonyl (C=O) groups excluding carboxylic acids is 1. The molecule has 0 bridgehead atoms. The van der Waals surface area contributed by atoms with Crippen LogP contribution in [0.5, 0.6) is 17.2 Å². The summed E-state index contributed by atoms with van der Waals surface area (Å²) >= 11 is 0. The first kappa shape index (κ1) is 14.4. The number of phenolic OH excluding ortho intramolecular Hbond substituents is 3. The van der Waals surface area contributed by atoms with E-state index in [0.717, 1.165) is 23.3 Å². The van der Waals surface area contributed by atoms with E-state index < -0.39 is 0 Å². The Labute approximate surface area is 128 Å². The van der Waals surface area contributed by atoms with Gasteiger partial charge in [-0.2, -0.15) is 0 Å². The Balaban J connectivity index is 1.87. The lowest BCUT2D eigenvalue weighted by atomic mass is 9.97. The molecule has 2 aromatic carbocycles. The van der Waals surface area contributed by atoms with Crippen LogP contribution in [-0.2, 0) is 0 Å². The number of ketones is 1. The van der Waals surface area contributed by atoms with Crippen LogP contribution in [0.25, 0.3) is 0 Å². The molecule has 0 saturated heterocycles. The quantitative estimate of drug-likeness (QED) is 0.759. The SMILES string of the molecule is Cc1ccc(C2CC2C(=O)c2c(O)cc(O)cc2O)c(C)c1. The number of aryl methyl sites for hydroxylation is 2. The number of phenols is 3. The third kappa shape index (κ3) is 2.41. The summed E-state index contributed by atoms with van der Waals surface area (Å²) in [4.78, 5) is 12.5. The molecule has 1 saturated carbocycles. The van der Waals surface area contributed by atoms with Crippen LogP contribution in [0.2, 0.25) is 0 Å². The number of Topliss-reactive ketones (excluding diaryl/α,β-unsaturated/α-hetero) is 1. The van der Waals surface area contributed by atoms with Gasteiger partial charge in [0.25, 0.3) is 0 Å². The number of aromatic hydroxyl groups is 3. The summed E-state index contributed by atoms with van der Waals surface area (Å²) in [5.74, 6) is -1.42. The Morgan fingerprint density at radius 2 is 1.68 bits per heavy atom. The molecule has 0 aromatic heterocycles. The molecule has 2 atom stereocenters. The van der Waals surface area contributed by atoms with Crippen LogP contribution in [0.3, 0.4) is 0 Å². The van der Waals surface area contributed by atoms with Gasteiger partial charge in [0.2, 0.25) is 0 Å². The number of rotatable bonds is 3. The lowest BCUT2D eigenvalue weighted by molar-refractivity contribution is 0.0960. The van der Waals surface area contributed by atoms with Gasteiger partial charge in [-0.1, -0.05) is 23.8 Å². The molecule has 1 fully saturated rings. The van der Waals surface area contributed by atoms with E-state index in [9.17, 15) is 20.1 Å². The van der Waals surface area contributed by atoms with Crippen LogP contribution in [0, 0.1) is 19.8 Å². The Kier molecular flexibility index (Phi) is 3.32. The summed E-state index contributed by atoms with van der Waals surface area (Å²) in [5, 5.41) is 29.0. The maximum Gasteiger partial charge on any atom is 0.174 e. The molecule has 4 heteroatoms. The second-order valence-electron chi connectivity index (χ2n) is 6.03. The zero-order chi connectivity index (χ0) is 16.0. The highest BCUT2D eigenvalue weighted by Crippen LogP contribution is 2.52. The molecular formula is C18H18O4. The standard InChI is InChI=1S/C18H18O4/c1-9-3-4-12(10(2)5-9)13-8-14(13)18(22)17-15(20)6-11(19)7-16(17)21/h3-7,13-14,19-21H,8H2,1-2H3. The van der Waals surface area contributed by atoms with Crippen molar-refractivity contribution in [1.29, 1.82) is 0 Å². The van der Waals surface area contributed by atoms with E-state index >= 15 is 0 Å². The average molecular weight is 298 g/mol. The first-order valence-electron chi connectivity index (χ1n) is 7.24. The van der Waals surface area contributed by atoms with Crippen LogP contribution in [0.4, 0.5) is 0 Å². The molecular weight excluding hydrogens is 280 g/mol. The van der Waals surface area contributed by atoms with Gasteiger partial charge in [-0.15, -0.1) is 0 Å². The highest BCUT2D eigenvalue weighted by atomic mass is 16.3. The van der Waals surface area contributed by atoms with E-state index in [1.54, 1.807) is 0 Å². The number of hydrogen-bond donors (Lipinski definition) is 3. The third-order valence-corrected chi connectivity index (χ3v) is 4.28. The molecule has 0 spiro atoms. The summed E-state index contributed by atoms with van der Waals surface area (Å²) in [6, 6.07) is 8.30. The van der Waals surface area contributed by atoms with Crippen molar-refractivity contribution in [3.63, 3.8) is 0 Å². The Morgan fingerprint density at radius 1 is 1.05 bits per heavy atom. The molecule has 3 rings (SSSR count). The molecule has 114 valence electrons. The normalized spacial score (nSPS) is 19.9. The lowest BCUT2D eigenvalue weighted by Gasteiger charge is -2.09. The zero-order valence-electron chi connectivity index (χ0n) is 12.5. The van der Waals surface area contributed by atoms with Gasteiger partial charge < -0.3 is 15.3 Å². The minimum Gasteiger partial charge on any atom is -0.508 e. The van der Waals surface area contributed by atoms with Crippen LogP contribution in [-0.4, -0.2) is 21.1 Å². The van der Waals surface area contributed by atoms with Gasteiger partial charge in [-0.25, -0.2) is 0 Å². The van der Waals surface area contributed by atoms with E-state index in [2.05, 4.69) is 6.07 Å². The fourth-order valence-electron chi connectivity index (χ4n) is 3.11. The molecule has 0 heterocycles. The van der Waals surface area contributed by atoms with Gasteiger partial charge in [-0.05, 0) is 37.3 Å². The number of carbonyl (C=O) groups is 1. The molecule has 22 heavy (non-hydrogen) atoms. The largest absolute Gasteiger partial charge is 0.508 e. The van der Waals surface area contributed by atoms with Crippen LogP contribution in [0.1, 0.15) is 39.4 Å². The highest BCUT2D eigenvalue weighted by molar-refractivity contribution is 6.05. The minimum atomic E-state index is -0.381. The summed E-state index contributed by atoms with van der Waals surface area (Å²) in [5.41, 5.74) is 3.37. The average Bonchev–Trinajstić information content (AvgIpc) is 3.17. The fourth-order valence-corrected chi connectivity index (χ4v) is 3.11. The van der Waals surface area contributed by atoms with Crippen LogP contribution in [0.15, 0.2) is 30.3 Å². The van der Waals surface area contributed by atoms with Crippen molar-refractivity contribution in [2.45, 2.75) is 26.2 Å². The van der Waals surface area contributed by atoms with Gasteiger partial charge in [0.1, 0.15) is 22.8 Å². The zero-order valence-corrected chi connectivity index (χ0v) is 12.5. The van der Waals surface area contributed by atoms with E-state index in [-0.39, 0.29) is 40.4 Å². The smallest absolute Gasteiger partial charge is 0.174 e. The number of hydrogen-bond acceptors (Lipinski definition) is 4. The molecule has 1 aliphatic carbocycles. The Hall–Kier alpha value is -2.49. The topological polar surface area (TPSA) is 77.8 Å². The van der Waals surface area contributed by atoms with Gasteiger partial charge in [0.05, 0.1) is 0 Å². The Bertz CT molecular complexity index is 741. The van der Waals surface area contributed by atoms with E-state index in [0.29, 0.717) is 6.42 Å². The fraction of sp³-hybridized carbons (Fsp3) is 0.278. The van der Waals surface area contributed by atoms with Crippen molar-refractivity contribution in [3.05, 3.63) is 52.6 Å². The molecule has 0 radical (unpaired) electrons. The van der Waals surface area contributed by atoms with Gasteiger partial charge in [0.15, 0.2) is 5.78 Å². The molecule has 2 aromatic rings. The van der Waals surface area contributed by atoms with Crippen LogP contribution >= 0.6 is 0 Å². The maximum absolute atomic E-state index is 12.5. The van der Waals surface area contributed by atoms with Crippen molar-refractivity contribution < 1.29 is 20.1 Å². The predicted octanol–water partition coefficient (Wildman–Crippen LogP) is 3.41. The number of benzene rings is 2. The maximum atomic E-state index is 12.5. The molecule has 1 aliphatic rings. The highest BCUT2D eigenvalue weighted by Gasteiger charge is 2.46. The Morgan fingerprint density at radius 3 is 2.27 bits per heavy atom. The third-order valence-electron chi connectivity index (χ3n) is 4.28. The monoisotopic (exact) mass is 298 g/mol.